The molecule has 1 heterocycles. The lowest BCUT2D eigenvalue weighted by atomic mass is 10.2. The van der Waals surface area contributed by atoms with Crippen LogP contribution in [0.15, 0.2) is 42.5 Å². The van der Waals surface area contributed by atoms with Crippen LogP contribution in [0.1, 0.15) is 50.9 Å². The van der Waals surface area contributed by atoms with Crippen LogP contribution in [-0.2, 0) is 0 Å². The lowest BCUT2D eigenvalue weighted by Gasteiger charge is -2.25. The molecule has 2 aromatic carbocycles. The van der Waals surface area contributed by atoms with E-state index in [0.29, 0.717) is 30.5 Å². The first-order valence-electron chi connectivity index (χ1n) is 11.9. The zero-order chi connectivity index (χ0) is 23.6. The summed E-state index contributed by atoms with van der Waals surface area (Å²) in [6, 6.07) is 13.3. The molecule has 1 amide bonds. The lowest BCUT2D eigenvalue weighted by Crippen LogP contribution is -2.38. The molecule has 0 aliphatic carbocycles. The van der Waals surface area contributed by atoms with Crippen molar-refractivity contribution in [2.24, 2.45) is 0 Å². The summed E-state index contributed by atoms with van der Waals surface area (Å²) in [6.07, 6.45) is 2.06. The van der Waals surface area contributed by atoms with E-state index in [0.717, 1.165) is 54.2 Å². The second-order valence-corrected chi connectivity index (χ2v) is 8.78. The van der Waals surface area contributed by atoms with Crippen LogP contribution in [0.5, 0.6) is 11.5 Å². The number of thiazole rings is 1. The number of nitrogens with zero attached hydrogens (tertiary/aromatic N) is 3. The molecule has 34 heavy (non-hydrogen) atoms. The van der Waals surface area contributed by atoms with Crippen LogP contribution in [0, 0.1) is 0 Å². The Balaban J connectivity index is 0.00000408. The summed E-state index contributed by atoms with van der Waals surface area (Å²) in [5.41, 5.74) is 1.48. The van der Waals surface area contributed by atoms with Gasteiger partial charge in [-0.25, -0.2) is 4.98 Å². The molecule has 0 fully saturated rings. The third-order valence-electron chi connectivity index (χ3n) is 5.52. The number of fused-ring (bicyclic) bond motifs is 1. The minimum absolute atomic E-state index is 0. The Morgan fingerprint density at radius 3 is 2.44 bits per heavy atom. The number of halogens is 1. The molecule has 0 atom stereocenters. The lowest BCUT2D eigenvalue weighted by molar-refractivity contribution is 0.0983. The number of hydrogen-bond acceptors (Lipinski definition) is 6. The molecule has 3 aromatic rings. The standard InChI is InChI=1S/C26H35N3O3S.ClH/c1-5-9-17-32-21-12-10-11-20(18-21)25(30)29(16-15-28(6-2)7-3)26-27-23-14-13-22(31-8-4)19-24(23)33-26;/h10-14,18-19H,5-9,15-17H2,1-4H3;1H. The van der Waals surface area contributed by atoms with Gasteiger partial charge < -0.3 is 14.4 Å². The molecule has 0 bridgehead atoms. The molecular weight excluding hydrogens is 470 g/mol. The maximum absolute atomic E-state index is 13.7. The van der Waals surface area contributed by atoms with Crippen LogP contribution in [-0.4, -0.2) is 55.2 Å². The normalized spacial score (nSPS) is 10.9. The highest BCUT2D eigenvalue weighted by Gasteiger charge is 2.22. The maximum atomic E-state index is 13.7. The van der Waals surface area contributed by atoms with Crippen LogP contribution < -0.4 is 14.4 Å². The van der Waals surface area contributed by atoms with E-state index in [2.05, 4.69) is 25.7 Å². The monoisotopic (exact) mass is 505 g/mol. The Morgan fingerprint density at radius 2 is 1.74 bits per heavy atom. The largest absolute Gasteiger partial charge is 0.494 e. The molecule has 0 radical (unpaired) electrons. The van der Waals surface area contributed by atoms with Gasteiger partial charge in [0.2, 0.25) is 0 Å². The number of amides is 1. The maximum Gasteiger partial charge on any atom is 0.260 e. The van der Waals surface area contributed by atoms with Crippen molar-refractivity contribution in [3.8, 4) is 11.5 Å². The second-order valence-electron chi connectivity index (χ2n) is 7.77. The van der Waals surface area contributed by atoms with Gasteiger partial charge in [0.25, 0.3) is 5.91 Å². The van der Waals surface area contributed by atoms with E-state index < -0.39 is 0 Å². The number of rotatable bonds is 13. The van der Waals surface area contributed by atoms with Gasteiger partial charge in [0, 0.05) is 18.7 Å². The Morgan fingerprint density at radius 1 is 0.971 bits per heavy atom. The highest BCUT2D eigenvalue weighted by molar-refractivity contribution is 7.22. The third-order valence-corrected chi connectivity index (χ3v) is 6.56. The number of hydrogen-bond donors (Lipinski definition) is 0. The molecule has 186 valence electrons. The topological polar surface area (TPSA) is 54.9 Å². The van der Waals surface area contributed by atoms with Crippen molar-refractivity contribution in [3.63, 3.8) is 0 Å². The Kier molecular flexibility index (Phi) is 11.6. The van der Waals surface area contributed by atoms with Gasteiger partial charge in [0.05, 0.1) is 23.4 Å². The van der Waals surface area contributed by atoms with Crippen LogP contribution >= 0.6 is 23.7 Å². The number of benzene rings is 2. The number of likely N-dealkylation sites (N-methyl/N-ethyl adjacent to an activating group) is 1. The molecule has 3 rings (SSSR count). The van der Waals surface area contributed by atoms with Crippen LogP contribution in [0.4, 0.5) is 5.13 Å². The summed E-state index contributed by atoms with van der Waals surface area (Å²) < 4.78 is 12.5. The van der Waals surface area contributed by atoms with Crippen molar-refractivity contribution in [3.05, 3.63) is 48.0 Å². The van der Waals surface area contributed by atoms with E-state index in [1.807, 2.05) is 49.4 Å². The highest BCUT2D eigenvalue weighted by Crippen LogP contribution is 2.32. The van der Waals surface area contributed by atoms with E-state index in [1.165, 1.54) is 11.3 Å². The first-order chi connectivity index (χ1) is 16.1. The van der Waals surface area contributed by atoms with Gasteiger partial charge in [-0.2, -0.15) is 0 Å². The van der Waals surface area contributed by atoms with Gasteiger partial charge in [-0.3, -0.25) is 9.69 Å². The Labute approximate surface area is 213 Å². The predicted octanol–water partition coefficient (Wildman–Crippen LogP) is 6.28. The molecule has 0 saturated carbocycles. The molecule has 0 saturated heterocycles. The van der Waals surface area contributed by atoms with Crippen molar-refractivity contribution in [1.29, 1.82) is 0 Å². The second kappa shape index (κ2) is 14.1. The molecule has 0 unspecified atom stereocenters. The molecule has 0 spiro atoms. The number of carbonyl (C=O) groups excluding carboxylic acids is 1. The quantitative estimate of drug-likeness (QED) is 0.256. The fraction of sp³-hybridized carbons (Fsp3) is 0.462. The fourth-order valence-electron chi connectivity index (χ4n) is 3.54. The minimum atomic E-state index is -0.0628. The fourth-order valence-corrected chi connectivity index (χ4v) is 4.56. The van der Waals surface area contributed by atoms with E-state index in [-0.39, 0.29) is 18.3 Å². The van der Waals surface area contributed by atoms with E-state index in [9.17, 15) is 4.79 Å². The summed E-state index contributed by atoms with van der Waals surface area (Å²) in [4.78, 5) is 22.6. The van der Waals surface area contributed by atoms with E-state index in [1.54, 1.807) is 4.90 Å². The molecule has 1 aromatic heterocycles. The van der Waals surface area contributed by atoms with Crippen molar-refractivity contribution in [2.75, 3.05) is 44.3 Å². The molecule has 0 aliphatic rings. The van der Waals surface area contributed by atoms with E-state index in [4.69, 9.17) is 14.5 Å². The average molecular weight is 506 g/mol. The summed E-state index contributed by atoms with van der Waals surface area (Å²) in [6.45, 7) is 12.9. The minimum Gasteiger partial charge on any atom is -0.494 e. The van der Waals surface area contributed by atoms with Gasteiger partial charge >= 0.3 is 0 Å². The van der Waals surface area contributed by atoms with Crippen molar-refractivity contribution < 1.29 is 14.3 Å². The molecular formula is C26H36ClN3O3S. The molecule has 0 N–H and O–H groups in total. The number of unbranched alkanes of at least 4 members (excludes halogenated alkanes) is 1. The van der Waals surface area contributed by atoms with Gasteiger partial charge in [0.15, 0.2) is 5.13 Å². The molecule has 6 nitrogen and oxygen atoms in total. The average Bonchev–Trinajstić information content (AvgIpc) is 3.25. The SMILES string of the molecule is CCCCOc1cccc(C(=O)N(CCN(CC)CC)c2nc3ccc(OCC)cc3s2)c1.Cl. The number of anilines is 1. The smallest absolute Gasteiger partial charge is 0.260 e. The Hall–Kier alpha value is -2.35. The van der Waals surface area contributed by atoms with E-state index >= 15 is 0 Å². The van der Waals surface area contributed by atoms with Gasteiger partial charge in [-0.05, 0) is 62.8 Å². The van der Waals surface area contributed by atoms with Crippen LogP contribution in [0.25, 0.3) is 10.2 Å². The van der Waals surface area contributed by atoms with Crippen LogP contribution in [0.3, 0.4) is 0 Å². The van der Waals surface area contributed by atoms with Gasteiger partial charge in [-0.1, -0.05) is 44.6 Å². The van der Waals surface area contributed by atoms with Crippen LogP contribution in [0.2, 0.25) is 0 Å². The Bertz CT molecular complexity index is 1040. The van der Waals surface area contributed by atoms with Gasteiger partial charge in [-0.15, -0.1) is 12.4 Å². The van der Waals surface area contributed by atoms with Crippen molar-refractivity contribution in [1.82, 2.24) is 9.88 Å². The first kappa shape index (κ1) is 27.9. The molecule has 8 heteroatoms. The summed E-state index contributed by atoms with van der Waals surface area (Å²) >= 11 is 1.52. The molecule has 0 aliphatic heterocycles. The summed E-state index contributed by atoms with van der Waals surface area (Å²) in [7, 11) is 0. The number of ether oxygens (including phenoxy) is 2. The summed E-state index contributed by atoms with van der Waals surface area (Å²) in [5.74, 6) is 1.48. The van der Waals surface area contributed by atoms with Crippen molar-refractivity contribution in [2.45, 2.75) is 40.5 Å². The number of carbonyl (C=O) groups is 1. The zero-order valence-corrected chi connectivity index (χ0v) is 22.2. The van der Waals surface area contributed by atoms with Crippen molar-refractivity contribution >= 4 is 45.0 Å². The highest BCUT2D eigenvalue weighted by atomic mass is 35.5. The first-order valence-corrected chi connectivity index (χ1v) is 12.7. The predicted molar refractivity (Wildman–Crippen MR) is 144 cm³/mol. The third kappa shape index (κ3) is 7.32. The van der Waals surface area contributed by atoms with Gasteiger partial charge in [0.1, 0.15) is 11.5 Å². The number of aromatic nitrogens is 1. The zero-order valence-electron chi connectivity index (χ0n) is 20.6. The summed E-state index contributed by atoms with van der Waals surface area (Å²) in [5, 5.41) is 0.702.